The van der Waals surface area contributed by atoms with Crippen molar-refractivity contribution >= 4 is 11.7 Å². The summed E-state index contributed by atoms with van der Waals surface area (Å²) >= 11 is 0. The molecule has 0 radical (unpaired) electrons. The van der Waals surface area contributed by atoms with E-state index in [-0.39, 0.29) is 6.03 Å². The highest BCUT2D eigenvalue weighted by Crippen LogP contribution is 2.24. The van der Waals surface area contributed by atoms with Gasteiger partial charge in [-0.05, 0) is 38.4 Å². The molecule has 1 aliphatic heterocycles. The van der Waals surface area contributed by atoms with Gasteiger partial charge in [0.25, 0.3) is 0 Å². The molecule has 2 aromatic rings. The second-order valence-electron chi connectivity index (χ2n) is 7.02. The van der Waals surface area contributed by atoms with Gasteiger partial charge in [-0.2, -0.15) is 0 Å². The van der Waals surface area contributed by atoms with E-state index in [1.807, 2.05) is 73.6 Å². The molecule has 1 fully saturated rings. The van der Waals surface area contributed by atoms with Crippen LogP contribution in [0.5, 0.6) is 11.5 Å². The molecule has 27 heavy (non-hydrogen) atoms. The molecule has 6 heteroatoms. The van der Waals surface area contributed by atoms with Crippen molar-refractivity contribution in [3.05, 3.63) is 54.6 Å². The number of rotatable bonds is 5. The summed E-state index contributed by atoms with van der Waals surface area (Å²) in [6, 6.07) is 16.9. The number of hydrogen-bond donors (Lipinski definition) is 1. The van der Waals surface area contributed by atoms with Gasteiger partial charge in [-0.3, -0.25) is 0 Å². The molecule has 1 aliphatic rings. The number of para-hydroxylation sites is 1. The lowest BCUT2D eigenvalue weighted by molar-refractivity contribution is 0.112. The third-order valence-corrected chi connectivity index (χ3v) is 4.31. The minimum atomic E-state index is -0.110. The maximum absolute atomic E-state index is 12.7. The Morgan fingerprint density at radius 3 is 2.74 bits per heavy atom. The molecule has 0 aromatic heterocycles. The van der Waals surface area contributed by atoms with E-state index < -0.39 is 0 Å². The molecular weight excluding hydrogens is 342 g/mol. The van der Waals surface area contributed by atoms with E-state index >= 15 is 0 Å². The predicted molar refractivity (Wildman–Crippen MR) is 106 cm³/mol. The second kappa shape index (κ2) is 9.39. The fraction of sp³-hybridized carbons (Fsp3) is 0.381. The Labute approximate surface area is 160 Å². The van der Waals surface area contributed by atoms with Gasteiger partial charge in [-0.1, -0.05) is 24.3 Å². The van der Waals surface area contributed by atoms with Gasteiger partial charge >= 0.3 is 6.03 Å². The van der Waals surface area contributed by atoms with Crippen molar-refractivity contribution in [1.29, 1.82) is 0 Å². The molecule has 1 N–H and O–H groups in total. The van der Waals surface area contributed by atoms with Gasteiger partial charge in [-0.25, -0.2) is 4.79 Å². The largest absolute Gasteiger partial charge is 0.457 e. The molecule has 0 bridgehead atoms. The number of ether oxygens (including phenoxy) is 2. The fourth-order valence-electron chi connectivity index (χ4n) is 3.16. The summed E-state index contributed by atoms with van der Waals surface area (Å²) in [5.74, 6) is 1.75. The van der Waals surface area contributed by atoms with Crippen molar-refractivity contribution in [1.82, 2.24) is 9.80 Å². The number of carbonyl (C=O) groups excluding carboxylic acids is 1. The number of hydrogen-bond acceptors (Lipinski definition) is 4. The lowest BCUT2D eigenvalue weighted by Crippen LogP contribution is -2.41. The number of urea groups is 1. The van der Waals surface area contributed by atoms with Gasteiger partial charge in [0.05, 0.1) is 13.2 Å². The van der Waals surface area contributed by atoms with Gasteiger partial charge in [0.1, 0.15) is 11.5 Å². The summed E-state index contributed by atoms with van der Waals surface area (Å²) < 4.78 is 11.5. The summed E-state index contributed by atoms with van der Waals surface area (Å²) in [6.07, 6.45) is 0. The molecular formula is C21H27N3O3. The van der Waals surface area contributed by atoms with Crippen molar-refractivity contribution in [2.45, 2.75) is 0 Å². The van der Waals surface area contributed by atoms with E-state index in [0.29, 0.717) is 43.7 Å². The first kappa shape index (κ1) is 19.2. The maximum atomic E-state index is 12.7. The molecule has 2 aromatic carbocycles. The summed E-state index contributed by atoms with van der Waals surface area (Å²) in [7, 11) is 4.07. The van der Waals surface area contributed by atoms with Crippen LogP contribution in [0.25, 0.3) is 0 Å². The monoisotopic (exact) mass is 369 g/mol. The quantitative estimate of drug-likeness (QED) is 0.876. The first-order chi connectivity index (χ1) is 13.1. The van der Waals surface area contributed by atoms with E-state index in [2.05, 4.69) is 10.2 Å². The van der Waals surface area contributed by atoms with Crippen molar-refractivity contribution in [3.8, 4) is 11.5 Å². The SMILES string of the molecule is CN(C)C[C@@H]1COCCN(C(=O)Nc2cccc(Oc3ccccc3)c2)C1. The third kappa shape index (κ3) is 5.98. The van der Waals surface area contributed by atoms with Gasteiger partial charge < -0.3 is 24.6 Å². The van der Waals surface area contributed by atoms with Crippen LogP contribution in [-0.2, 0) is 4.74 Å². The molecule has 6 nitrogen and oxygen atoms in total. The molecule has 3 rings (SSSR count). The first-order valence-electron chi connectivity index (χ1n) is 9.21. The molecule has 0 aliphatic carbocycles. The van der Waals surface area contributed by atoms with Crippen LogP contribution in [0, 0.1) is 5.92 Å². The Kier molecular flexibility index (Phi) is 6.68. The highest BCUT2D eigenvalue weighted by molar-refractivity contribution is 5.89. The van der Waals surface area contributed by atoms with Crippen LogP contribution >= 0.6 is 0 Å². The zero-order chi connectivity index (χ0) is 19.1. The molecule has 0 unspecified atom stereocenters. The van der Waals surface area contributed by atoms with E-state index in [0.717, 1.165) is 12.3 Å². The number of amides is 2. The van der Waals surface area contributed by atoms with Crippen LogP contribution in [-0.4, -0.2) is 62.8 Å². The minimum Gasteiger partial charge on any atom is -0.457 e. The van der Waals surface area contributed by atoms with Gasteiger partial charge in [0, 0.05) is 37.3 Å². The lowest BCUT2D eigenvalue weighted by atomic mass is 10.1. The molecule has 0 spiro atoms. The topological polar surface area (TPSA) is 54.0 Å². The second-order valence-corrected chi connectivity index (χ2v) is 7.02. The van der Waals surface area contributed by atoms with Crippen molar-refractivity contribution in [2.75, 3.05) is 52.3 Å². The molecule has 144 valence electrons. The molecule has 0 saturated carbocycles. The summed E-state index contributed by atoms with van der Waals surface area (Å²) in [4.78, 5) is 16.7. The fourth-order valence-corrected chi connectivity index (χ4v) is 3.16. The van der Waals surface area contributed by atoms with E-state index in [1.54, 1.807) is 0 Å². The summed E-state index contributed by atoms with van der Waals surface area (Å²) in [6.45, 7) is 3.42. The number of anilines is 1. The van der Waals surface area contributed by atoms with E-state index in [1.165, 1.54) is 0 Å². The molecule has 1 heterocycles. The summed E-state index contributed by atoms with van der Waals surface area (Å²) in [5.41, 5.74) is 0.711. The number of benzene rings is 2. The van der Waals surface area contributed by atoms with Crippen molar-refractivity contribution in [3.63, 3.8) is 0 Å². The Hall–Kier alpha value is -2.57. The van der Waals surface area contributed by atoms with Crippen LogP contribution < -0.4 is 10.1 Å². The standard InChI is InChI=1S/C21H27N3O3/c1-23(2)14-17-15-24(11-12-26-16-17)21(25)22-18-7-6-10-20(13-18)27-19-8-4-3-5-9-19/h3-10,13,17H,11-12,14-16H2,1-2H3,(H,22,25)/t17-/m0/s1. The first-order valence-corrected chi connectivity index (χ1v) is 9.21. The third-order valence-electron chi connectivity index (χ3n) is 4.31. The maximum Gasteiger partial charge on any atom is 0.321 e. The van der Waals surface area contributed by atoms with Gasteiger partial charge in [0.2, 0.25) is 0 Å². The highest BCUT2D eigenvalue weighted by atomic mass is 16.5. The van der Waals surface area contributed by atoms with Crippen LogP contribution in [0.4, 0.5) is 10.5 Å². The smallest absolute Gasteiger partial charge is 0.321 e. The Morgan fingerprint density at radius 2 is 1.96 bits per heavy atom. The number of carbonyl (C=O) groups is 1. The van der Waals surface area contributed by atoms with Gasteiger partial charge in [0.15, 0.2) is 0 Å². The van der Waals surface area contributed by atoms with Crippen molar-refractivity contribution < 1.29 is 14.3 Å². The zero-order valence-electron chi connectivity index (χ0n) is 15.9. The lowest BCUT2D eigenvalue weighted by Gasteiger charge is -2.25. The normalized spacial score (nSPS) is 17.4. The van der Waals surface area contributed by atoms with E-state index in [4.69, 9.17) is 9.47 Å². The number of nitrogens with one attached hydrogen (secondary N) is 1. The average Bonchev–Trinajstić information content (AvgIpc) is 2.88. The Balaban J connectivity index is 1.62. The van der Waals surface area contributed by atoms with Crippen LogP contribution in [0.3, 0.4) is 0 Å². The minimum absolute atomic E-state index is 0.110. The van der Waals surface area contributed by atoms with Crippen LogP contribution in [0.15, 0.2) is 54.6 Å². The molecule has 1 saturated heterocycles. The summed E-state index contributed by atoms with van der Waals surface area (Å²) in [5, 5.41) is 2.98. The van der Waals surface area contributed by atoms with E-state index in [9.17, 15) is 4.79 Å². The average molecular weight is 369 g/mol. The molecule has 1 atom stereocenters. The number of nitrogens with zero attached hydrogens (tertiary/aromatic N) is 2. The van der Waals surface area contributed by atoms with Crippen molar-refractivity contribution in [2.24, 2.45) is 5.92 Å². The van der Waals surface area contributed by atoms with Crippen LogP contribution in [0.1, 0.15) is 0 Å². The van der Waals surface area contributed by atoms with Gasteiger partial charge in [-0.15, -0.1) is 0 Å². The predicted octanol–water partition coefficient (Wildman–Crippen LogP) is 3.52. The Bertz CT molecular complexity index is 736. The molecule has 2 amide bonds. The van der Waals surface area contributed by atoms with Crippen LogP contribution in [0.2, 0.25) is 0 Å². The zero-order valence-corrected chi connectivity index (χ0v) is 15.9. The Morgan fingerprint density at radius 1 is 1.19 bits per heavy atom. The highest BCUT2D eigenvalue weighted by Gasteiger charge is 2.23.